The second kappa shape index (κ2) is 11.6. The van der Waals surface area contributed by atoms with Crippen LogP contribution in [0, 0.1) is 5.92 Å². The molecule has 0 bridgehead atoms. The van der Waals surface area contributed by atoms with E-state index in [9.17, 15) is 22.8 Å². The Morgan fingerprint density at radius 1 is 1.17 bits per heavy atom. The number of amides is 1. The van der Waals surface area contributed by atoms with Crippen LogP contribution in [0.1, 0.15) is 19.2 Å². The summed E-state index contributed by atoms with van der Waals surface area (Å²) in [6.07, 6.45) is -1.57. The summed E-state index contributed by atoms with van der Waals surface area (Å²) in [5.41, 5.74) is -0.499. The van der Waals surface area contributed by atoms with Gasteiger partial charge in [-0.25, -0.2) is 24.1 Å². The van der Waals surface area contributed by atoms with Crippen LogP contribution in [0.4, 0.5) is 13.2 Å². The molecule has 4 aromatic rings. The van der Waals surface area contributed by atoms with Crippen LogP contribution in [0.3, 0.4) is 0 Å². The maximum atomic E-state index is 14.2. The molecule has 1 aliphatic rings. The fourth-order valence-corrected chi connectivity index (χ4v) is 4.81. The molecular weight excluding hydrogens is 586 g/mol. The zero-order chi connectivity index (χ0) is 29.3. The van der Waals surface area contributed by atoms with Gasteiger partial charge in [-0.1, -0.05) is 30.1 Å². The van der Waals surface area contributed by atoms with Gasteiger partial charge in [-0.15, -0.1) is 10.2 Å². The first-order valence-electron chi connectivity index (χ1n) is 12.5. The van der Waals surface area contributed by atoms with E-state index in [1.807, 2.05) is 6.92 Å². The molecule has 3 atom stereocenters. The highest BCUT2D eigenvalue weighted by Crippen LogP contribution is 2.25. The van der Waals surface area contributed by atoms with Crippen molar-refractivity contribution < 1.29 is 18.0 Å². The lowest BCUT2D eigenvalue weighted by Gasteiger charge is -2.24. The minimum atomic E-state index is -4.85. The Labute approximate surface area is 241 Å². The summed E-state index contributed by atoms with van der Waals surface area (Å²) in [5, 5.41) is 14.3. The van der Waals surface area contributed by atoms with Crippen molar-refractivity contribution >= 4 is 29.1 Å². The second-order valence-electron chi connectivity index (χ2n) is 9.70. The Bertz CT molecular complexity index is 1600. The highest BCUT2D eigenvalue weighted by atomic mass is 35.5. The Morgan fingerprint density at radius 2 is 1.93 bits per heavy atom. The van der Waals surface area contributed by atoms with Crippen molar-refractivity contribution in [3.63, 3.8) is 0 Å². The summed E-state index contributed by atoms with van der Waals surface area (Å²) in [6, 6.07) is 6.29. The molecule has 1 saturated heterocycles. The largest absolute Gasteiger partial charge is 0.410 e. The maximum absolute atomic E-state index is 14.2. The van der Waals surface area contributed by atoms with Gasteiger partial charge in [0, 0.05) is 16.8 Å². The Balaban J connectivity index is 1.47. The van der Waals surface area contributed by atoms with E-state index in [2.05, 4.69) is 30.8 Å². The number of halogens is 5. The predicted octanol–water partition coefficient (Wildman–Crippen LogP) is 3.09. The van der Waals surface area contributed by atoms with Gasteiger partial charge < -0.3 is 10.6 Å². The van der Waals surface area contributed by atoms with E-state index in [-0.39, 0.29) is 24.1 Å². The quantitative estimate of drug-likeness (QED) is 0.314. The molecule has 0 saturated carbocycles. The summed E-state index contributed by atoms with van der Waals surface area (Å²) >= 11 is 12.2. The van der Waals surface area contributed by atoms with Gasteiger partial charge >= 0.3 is 11.9 Å². The number of nitrogens with one attached hydrogen (secondary N) is 2. The van der Waals surface area contributed by atoms with E-state index in [0.29, 0.717) is 34.4 Å². The number of rotatable bonds is 8. The average molecular weight is 610 g/mol. The molecule has 5 rings (SSSR count). The van der Waals surface area contributed by atoms with Crippen LogP contribution in [0.2, 0.25) is 10.0 Å². The van der Waals surface area contributed by atoms with Crippen molar-refractivity contribution in [2.45, 2.75) is 44.7 Å². The van der Waals surface area contributed by atoms with E-state index in [1.165, 1.54) is 41.5 Å². The number of pyridine rings is 1. The fraction of sp³-hybridized carbons (Fsp3) is 0.360. The van der Waals surface area contributed by atoms with Crippen LogP contribution in [0.25, 0.3) is 17.2 Å². The van der Waals surface area contributed by atoms with Gasteiger partial charge in [-0.05, 0) is 55.3 Å². The first-order valence-corrected chi connectivity index (χ1v) is 13.3. The molecule has 4 heterocycles. The second-order valence-corrected chi connectivity index (χ2v) is 10.5. The van der Waals surface area contributed by atoms with E-state index in [0.717, 1.165) is 9.25 Å². The number of carbonyl (C=O) groups is 1. The van der Waals surface area contributed by atoms with Crippen molar-refractivity contribution in [1.82, 2.24) is 44.7 Å². The van der Waals surface area contributed by atoms with E-state index in [4.69, 9.17) is 23.2 Å². The van der Waals surface area contributed by atoms with Gasteiger partial charge in [0.2, 0.25) is 5.91 Å². The predicted molar refractivity (Wildman–Crippen MR) is 144 cm³/mol. The number of hydrogen-bond donors (Lipinski definition) is 2. The van der Waals surface area contributed by atoms with Gasteiger partial charge in [0.05, 0.1) is 17.6 Å². The summed E-state index contributed by atoms with van der Waals surface area (Å²) in [5.74, 6) is -0.230. The molecule has 1 aromatic carbocycles. The van der Waals surface area contributed by atoms with E-state index < -0.39 is 36.4 Å². The van der Waals surface area contributed by atoms with Crippen LogP contribution in [-0.4, -0.2) is 64.8 Å². The fourth-order valence-electron chi connectivity index (χ4n) is 4.47. The summed E-state index contributed by atoms with van der Waals surface area (Å²) in [7, 11) is 0. The van der Waals surface area contributed by atoms with Gasteiger partial charge in [-0.3, -0.25) is 9.36 Å². The van der Waals surface area contributed by atoms with Gasteiger partial charge in [0.25, 0.3) is 0 Å². The lowest BCUT2D eigenvalue weighted by atomic mass is 10.1. The molecule has 0 aliphatic carbocycles. The van der Waals surface area contributed by atoms with Gasteiger partial charge in [-0.2, -0.15) is 13.2 Å². The lowest BCUT2D eigenvalue weighted by molar-refractivity contribution is -0.164. The van der Waals surface area contributed by atoms with E-state index >= 15 is 0 Å². The zero-order valence-corrected chi connectivity index (χ0v) is 23.0. The topological polar surface area (TPSA) is 125 Å². The van der Waals surface area contributed by atoms with E-state index in [1.54, 1.807) is 12.1 Å². The molecule has 2 N–H and O–H groups in total. The maximum Gasteiger partial charge on any atom is 0.410 e. The highest BCUT2D eigenvalue weighted by molar-refractivity contribution is 6.32. The normalized spacial score (nSPS) is 18.0. The first kappa shape index (κ1) is 28.8. The molecule has 1 aliphatic heterocycles. The number of nitrogens with zero attached hydrogens (tertiary/aromatic N) is 7. The van der Waals surface area contributed by atoms with Gasteiger partial charge in [0.1, 0.15) is 18.9 Å². The monoisotopic (exact) mass is 609 g/mol. The summed E-state index contributed by atoms with van der Waals surface area (Å²) in [6.45, 7) is 1.27. The van der Waals surface area contributed by atoms with Crippen molar-refractivity contribution in [3.05, 3.63) is 75.3 Å². The standard InChI is InChI=1S/C25H24Cl2F3N9O2/c1-14-9-18(32-10-14)23(40)34-19(25(28,29)30)11-37-21(15-4-6-16(26)7-5-15)36-38(24(37)41)12-20-33-13-39(35-20)22-17(27)3-2-8-31-22/h2-8,13-14,18-19,32H,9-12H2,1H3,(H,34,40)/t14-,18+,19?/m0/s1. The molecule has 16 heteroatoms. The smallest absolute Gasteiger partial charge is 0.342 e. The third kappa shape index (κ3) is 6.44. The van der Waals surface area contributed by atoms with Crippen LogP contribution in [0.5, 0.6) is 0 Å². The van der Waals surface area contributed by atoms with Crippen LogP contribution in [-0.2, 0) is 17.9 Å². The SMILES string of the molecule is C[C@@H]1CN[C@@H](C(=O)NC(Cn2c(-c3ccc(Cl)cc3)nn(Cc3ncn(-c4ncccc4Cl)n3)c2=O)C(F)(F)F)C1. The Morgan fingerprint density at radius 3 is 2.59 bits per heavy atom. The van der Waals surface area contributed by atoms with Crippen molar-refractivity contribution in [3.8, 4) is 17.2 Å². The number of aromatic nitrogens is 7. The zero-order valence-electron chi connectivity index (χ0n) is 21.5. The highest BCUT2D eigenvalue weighted by Gasteiger charge is 2.43. The molecule has 0 spiro atoms. The van der Waals surface area contributed by atoms with Gasteiger partial charge in [0.15, 0.2) is 17.5 Å². The van der Waals surface area contributed by atoms with Crippen LogP contribution >= 0.6 is 23.2 Å². The molecule has 1 amide bonds. The number of hydrogen-bond acceptors (Lipinski definition) is 7. The third-order valence-electron chi connectivity index (χ3n) is 6.56. The van der Waals surface area contributed by atoms with Crippen LogP contribution in [0.15, 0.2) is 53.7 Å². The van der Waals surface area contributed by atoms with Crippen molar-refractivity contribution in [1.29, 1.82) is 0 Å². The molecule has 3 aromatic heterocycles. The van der Waals surface area contributed by atoms with Crippen molar-refractivity contribution in [2.24, 2.45) is 5.92 Å². The van der Waals surface area contributed by atoms with Crippen LogP contribution < -0.4 is 16.3 Å². The molecule has 0 radical (unpaired) electrons. The number of benzene rings is 1. The average Bonchev–Trinajstić information content (AvgIpc) is 3.64. The third-order valence-corrected chi connectivity index (χ3v) is 7.10. The Hall–Kier alpha value is -3.75. The number of carbonyl (C=O) groups excluding carboxylic acids is 1. The molecule has 216 valence electrons. The minimum Gasteiger partial charge on any atom is -0.342 e. The molecule has 1 fully saturated rings. The first-order chi connectivity index (χ1) is 19.5. The minimum absolute atomic E-state index is 0.0463. The van der Waals surface area contributed by atoms with Crippen molar-refractivity contribution in [2.75, 3.05) is 6.54 Å². The molecule has 1 unspecified atom stereocenters. The number of alkyl halides is 3. The molecular formula is C25H24Cl2F3N9O2. The molecule has 11 nitrogen and oxygen atoms in total. The lowest BCUT2D eigenvalue weighted by Crippen LogP contribution is -2.53. The molecule has 41 heavy (non-hydrogen) atoms. The summed E-state index contributed by atoms with van der Waals surface area (Å²) in [4.78, 5) is 34.5. The summed E-state index contributed by atoms with van der Waals surface area (Å²) < 4.78 is 45.6. The Kier molecular flexibility index (Phi) is 8.16.